The second kappa shape index (κ2) is 11.4. The number of carbonyl (C=O) groups is 2. The molecule has 1 N–H and O–H groups in total. The maximum absolute atomic E-state index is 12.9. The molecule has 1 aliphatic rings. The van der Waals surface area contributed by atoms with Crippen molar-refractivity contribution in [1.29, 1.82) is 0 Å². The molecule has 34 heavy (non-hydrogen) atoms. The third-order valence-electron chi connectivity index (χ3n) is 5.67. The van der Waals surface area contributed by atoms with Crippen molar-refractivity contribution in [2.24, 2.45) is 0 Å². The van der Waals surface area contributed by atoms with Gasteiger partial charge in [-0.1, -0.05) is 91.0 Å². The lowest BCUT2D eigenvalue weighted by atomic mass is 10.1. The molecule has 4 rings (SSSR count). The fourth-order valence-electron chi connectivity index (χ4n) is 3.95. The van der Waals surface area contributed by atoms with E-state index >= 15 is 0 Å². The van der Waals surface area contributed by atoms with Crippen LogP contribution in [0, 0.1) is 0 Å². The third kappa shape index (κ3) is 6.01. The summed E-state index contributed by atoms with van der Waals surface area (Å²) in [5, 5.41) is 10.0. The van der Waals surface area contributed by atoms with Gasteiger partial charge in [-0.3, -0.25) is 4.90 Å². The lowest BCUT2D eigenvalue weighted by Crippen LogP contribution is -2.46. The average molecular weight is 462 g/mol. The standard InChI is InChI=1S/C27H27NO6/c29-26(30)24-25(33-18-21-12-6-2-7-13-21)23(32-17-20-10-4-1-5-11-20)16-28(24)27(31)34-19-22-14-8-3-9-15-22/h1-15,23-25H,16-19H2,(H,29,30). The Balaban J connectivity index is 1.49. The molecule has 176 valence electrons. The minimum Gasteiger partial charge on any atom is -0.480 e. The molecular formula is C27H27NO6. The van der Waals surface area contributed by atoms with E-state index in [1.807, 2.05) is 91.0 Å². The Hall–Kier alpha value is -3.68. The van der Waals surface area contributed by atoms with Gasteiger partial charge in [0.05, 0.1) is 19.8 Å². The Morgan fingerprint density at radius 1 is 0.735 bits per heavy atom. The largest absolute Gasteiger partial charge is 0.480 e. The highest BCUT2D eigenvalue weighted by molar-refractivity contribution is 5.81. The molecular weight excluding hydrogens is 434 g/mol. The number of hydrogen-bond donors (Lipinski definition) is 1. The monoisotopic (exact) mass is 461 g/mol. The number of rotatable bonds is 9. The molecule has 1 aliphatic heterocycles. The maximum Gasteiger partial charge on any atom is 0.411 e. The van der Waals surface area contributed by atoms with Crippen LogP contribution in [0.2, 0.25) is 0 Å². The van der Waals surface area contributed by atoms with Crippen molar-refractivity contribution in [3.05, 3.63) is 108 Å². The number of carboxylic acid groups (broad SMARTS) is 1. The minimum absolute atomic E-state index is 0.0492. The molecule has 0 aliphatic carbocycles. The first-order chi connectivity index (χ1) is 16.6. The average Bonchev–Trinajstić information content (AvgIpc) is 3.25. The van der Waals surface area contributed by atoms with Crippen molar-refractivity contribution >= 4 is 12.1 Å². The molecule has 0 radical (unpaired) electrons. The Kier molecular flexibility index (Phi) is 7.91. The van der Waals surface area contributed by atoms with Crippen molar-refractivity contribution < 1.29 is 28.9 Å². The number of hydrogen-bond acceptors (Lipinski definition) is 5. The van der Waals surface area contributed by atoms with Gasteiger partial charge in [-0.15, -0.1) is 0 Å². The van der Waals surface area contributed by atoms with Gasteiger partial charge in [0.1, 0.15) is 18.8 Å². The van der Waals surface area contributed by atoms with E-state index < -0.39 is 30.3 Å². The lowest BCUT2D eigenvalue weighted by Gasteiger charge is -2.24. The molecule has 0 spiro atoms. The number of amides is 1. The van der Waals surface area contributed by atoms with Gasteiger partial charge in [-0.25, -0.2) is 9.59 Å². The first-order valence-corrected chi connectivity index (χ1v) is 11.1. The van der Waals surface area contributed by atoms with Crippen LogP contribution in [0.15, 0.2) is 91.0 Å². The number of carboxylic acids is 1. The van der Waals surface area contributed by atoms with Gasteiger partial charge < -0.3 is 19.3 Å². The summed E-state index contributed by atoms with van der Waals surface area (Å²) in [6.45, 7) is 0.577. The SMILES string of the molecule is O=C(O)C1C(OCc2ccccc2)C(OCc2ccccc2)CN1C(=O)OCc1ccccc1. The van der Waals surface area contributed by atoms with Crippen LogP contribution < -0.4 is 0 Å². The molecule has 3 aromatic carbocycles. The van der Waals surface area contributed by atoms with Gasteiger partial charge in [0.15, 0.2) is 6.04 Å². The van der Waals surface area contributed by atoms with Crippen LogP contribution in [-0.2, 0) is 38.8 Å². The van der Waals surface area contributed by atoms with E-state index in [4.69, 9.17) is 14.2 Å². The van der Waals surface area contributed by atoms with Gasteiger partial charge in [-0.2, -0.15) is 0 Å². The van der Waals surface area contributed by atoms with E-state index in [0.717, 1.165) is 16.7 Å². The van der Waals surface area contributed by atoms with E-state index in [0.29, 0.717) is 0 Å². The summed E-state index contributed by atoms with van der Waals surface area (Å²) in [5.74, 6) is -1.17. The number of aliphatic carboxylic acids is 1. The third-order valence-corrected chi connectivity index (χ3v) is 5.67. The van der Waals surface area contributed by atoms with E-state index in [2.05, 4.69) is 0 Å². The molecule has 0 saturated carbocycles. The van der Waals surface area contributed by atoms with Crippen molar-refractivity contribution in [3.8, 4) is 0 Å². The summed E-state index contributed by atoms with van der Waals surface area (Å²) in [6, 6.07) is 27.1. The highest BCUT2D eigenvalue weighted by Crippen LogP contribution is 2.27. The first-order valence-electron chi connectivity index (χ1n) is 11.1. The number of likely N-dealkylation sites (tertiary alicyclic amines) is 1. The van der Waals surface area contributed by atoms with Crippen LogP contribution in [0.1, 0.15) is 16.7 Å². The fraction of sp³-hybridized carbons (Fsp3) is 0.259. The molecule has 7 heteroatoms. The second-order valence-corrected chi connectivity index (χ2v) is 8.07. The molecule has 3 atom stereocenters. The molecule has 1 saturated heterocycles. The normalized spacial score (nSPS) is 19.6. The highest BCUT2D eigenvalue weighted by Gasteiger charge is 2.50. The van der Waals surface area contributed by atoms with Crippen molar-refractivity contribution in [3.63, 3.8) is 0 Å². The molecule has 1 heterocycles. The van der Waals surface area contributed by atoms with Crippen LogP contribution in [-0.4, -0.2) is 46.9 Å². The number of ether oxygens (including phenoxy) is 3. The van der Waals surface area contributed by atoms with Gasteiger partial charge in [0, 0.05) is 0 Å². The first kappa shape index (κ1) is 23.5. The van der Waals surface area contributed by atoms with Crippen LogP contribution >= 0.6 is 0 Å². The maximum atomic E-state index is 12.9. The number of carbonyl (C=O) groups excluding carboxylic acids is 1. The Morgan fingerprint density at radius 3 is 1.71 bits per heavy atom. The zero-order valence-corrected chi connectivity index (χ0v) is 18.7. The Bertz CT molecular complexity index is 1060. The van der Waals surface area contributed by atoms with Gasteiger partial charge in [0.25, 0.3) is 0 Å². The summed E-state index contributed by atoms with van der Waals surface area (Å²) in [7, 11) is 0. The molecule has 0 bridgehead atoms. The van der Waals surface area contributed by atoms with E-state index in [1.165, 1.54) is 4.90 Å². The van der Waals surface area contributed by atoms with Crippen LogP contribution in [0.25, 0.3) is 0 Å². The summed E-state index contributed by atoms with van der Waals surface area (Å²) in [4.78, 5) is 26.3. The van der Waals surface area contributed by atoms with Crippen molar-refractivity contribution in [2.45, 2.75) is 38.1 Å². The summed E-state index contributed by atoms with van der Waals surface area (Å²) >= 11 is 0. The second-order valence-electron chi connectivity index (χ2n) is 8.07. The summed E-state index contributed by atoms with van der Waals surface area (Å²) in [6.07, 6.45) is -2.20. The van der Waals surface area contributed by atoms with Gasteiger partial charge in [0.2, 0.25) is 0 Å². The summed E-state index contributed by atoms with van der Waals surface area (Å²) in [5.41, 5.74) is 2.66. The van der Waals surface area contributed by atoms with Gasteiger partial charge in [-0.05, 0) is 16.7 Å². The van der Waals surface area contributed by atoms with Crippen LogP contribution in [0.3, 0.4) is 0 Å². The predicted octanol–water partition coefficient (Wildman–Crippen LogP) is 4.26. The van der Waals surface area contributed by atoms with Crippen LogP contribution in [0.4, 0.5) is 4.79 Å². The smallest absolute Gasteiger partial charge is 0.411 e. The predicted molar refractivity (Wildman–Crippen MR) is 125 cm³/mol. The topological polar surface area (TPSA) is 85.3 Å². The molecule has 3 unspecified atom stereocenters. The zero-order valence-electron chi connectivity index (χ0n) is 18.7. The molecule has 3 aromatic rings. The quantitative estimate of drug-likeness (QED) is 0.513. The Labute approximate surface area is 198 Å². The van der Waals surface area contributed by atoms with E-state index in [-0.39, 0.29) is 26.4 Å². The zero-order chi connectivity index (χ0) is 23.8. The number of nitrogens with zero attached hydrogens (tertiary/aromatic N) is 1. The molecule has 1 fully saturated rings. The molecule has 0 aromatic heterocycles. The minimum atomic E-state index is -1.23. The lowest BCUT2D eigenvalue weighted by molar-refractivity contribution is -0.148. The molecule has 7 nitrogen and oxygen atoms in total. The van der Waals surface area contributed by atoms with Crippen LogP contribution in [0.5, 0.6) is 0 Å². The Morgan fingerprint density at radius 2 is 1.21 bits per heavy atom. The fourth-order valence-corrected chi connectivity index (χ4v) is 3.95. The highest BCUT2D eigenvalue weighted by atomic mass is 16.6. The number of benzene rings is 3. The van der Waals surface area contributed by atoms with Crippen molar-refractivity contribution in [1.82, 2.24) is 4.90 Å². The van der Waals surface area contributed by atoms with Crippen molar-refractivity contribution in [2.75, 3.05) is 6.54 Å². The van der Waals surface area contributed by atoms with E-state index in [1.54, 1.807) is 0 Å². The molecule has 1 amide bonds. The summed E-state index contributed by atoms with van der Waals surface area (Å²) < 4.78 is 17.6. The van der Waals surface area contributed by atoms with Gasteiger partial charge >= 0.3 is 12.1 Å². The van der Waals surface area contributed by atoms with E-state index in [9.17, 15) is 14.7 Å².